The van der Waals surface area contributed by atoms with E-state index in [1.165, 1.54) is 6.07 Å². The van der Waals surface area contributed by atoms with Crippen molar-refractivity contribution in [3.63, 3.8) is 0 Å². The van der Waals surface area contributed by atoms with Gasteiger partial charge in [0.2, 0.25) is 0 Å². The van der Waals surface area contributed by atoms with Gasteiger partial charge in [-0.05, 0) is 43.6 Å². The molecule has 2 nitrogen and oxygen atoms in total. The quantitative estimate of drug-likeness (QED) is 0.863. The van der Waals surface area contributed by atoms with E-state index in [1.54, 1.807) is 6.07 Å². The Bertz CT molecular complexity index is 362. The van der Waals surface area contributed by atoms with Crippen LogP contribution in [0.4, 0.5) is 4.39 Å². The zero-order chi connectivity index (χ0) is 11.5. The number of hydrogen-bond donors (Lipinski definition) is 1. The Morgan fingerprint density at radius 2 is 2.06 bits per heavy atom. The number of halogens is 2. The van der Waals surface area contributed by atoms with E-state index in [2.05, 4.69) is 4.90 Å². The van der Waals surface area contributed by atoms with Crippen LogP contribution in [0.1, 0.15) is 18.4 Å². The molecule has 4 heteroatoms. The molecular weight excluding hydrogens is 227 g/mol. The molecular formula is C12H16ClFN2. The van der Waals surface area contributed by atoms with Crippen molar-refractivity contribution in [3.05, 3.63) is 34.6 Å². The number of rotatable bonds is 2. The van der Waals surface area contributed by atoms with E-state index in [0.717, 1.165) is 38.0 Å². The first-order chi connectivity index (χ1) is 7.65. The summed E-state index contributed by atoms with van der Waals surface area (Å²) in [6, 6.07) is 5.33. The van der Waals surface area contributed by atoms with Gasteiger partial charge in [-0.25, -0.2) is 4.39 Å². The van der Waals surface area contributed by atoms with E-state index in [4.69, 9.17) is 17.3 Å². The van der Waals surface area contributed by atoms with Crippen molar-refractivity contribution in [1.82, 2.24) is 4.90 Å². The lowest BCUT2D eigenvalue weighted by Gasteiger charge is -2.30. The van der Waals surface area contributed by atoms with Gasteiger partial charge in [0, 0.05) is 12.6 Å². The lowest BCUT2D eigenvalue weighted by Crippen LogP contribution is -2.39. The fourth-order valence-corrected chi connectivity index (χ4v) is 2.12. The van der Waals surface area contributed by atoms with Crippen molar-refractivity contribution in [2.75, 3.05) is 13.1 Å². The minimum Gasteiger partial charge on any atom is -0.328 e. The number of benzene rings is 1. The first-order valence-corrected chi connectivity index (χ1v) is 5.95. The molecule has 0 radical (unpaired) electrons. The van der Waals surface area contributed by atoms with Gasteiger partial charge in [0.15, 0.2) is 0 Å². The largest absolute Gasteiger partial charge is 0.328 e. The summed E-state index contributed by atoms with van der Waals surface area (Å²) >= 11 is 5.64. The van der Waals surface area contributed by atoms with Gasteiger partial charge < -0.3 is 5.73 Å². The summed E-state index contributed by atoms with van der Waals surface area (Å²) in [6.45, 7) is 2.76. The summed E-state index contributed by atoms with van der Waals surface area (Å²) in [5, 5.41) is 0.185. The first-order valence-electron chi connectivity index (χ1n) is 5.57. The Morgan fingerprint density at radius 1 is 1.38 bits per heavy atom. The van der Waals surface area contributed by atoms with Crippen LogP contribution in [0.15, 0.2) is 18.2 Å². The minimum absolute atomic E-state index is 0.185. The fraction of sp³-hybridized carbons (Fsp3) is 0.500. The Morgan fingerprint density at radius 3 is 2.69 bits per heavy atom. The third kappa shape index (κ3) is 2.94. The number of likely N-dealkylation sites (tertiary alicyclic amines) is 1. The maximum atomic E-state index is 13.2. The van der Waals surface area contributed by atoms with Crippen LogP contribution in [0.2, 0.25) is 5.02 Å². The van der Waals surface area contributed by atoms with Crippen molar-refractivity contribution in [2.45, 2.75) is 25.4 Å². The zero-order valence-electron chi connectivity index (χ0n) is 9.13. The fourth-order valence-electron chi connectivity index (χ4n) is 2.01. The molecule has 1 aromatic rings. The molecule has 1 aromatic carbocycles. The molecule has 0 aromatic heterocycles. The smallest absolute Gasteiger partial charge is 0.142 e. The standard InChI is InChI=1S/C12H16ClFN2/c13-11-2-1-9(7-12(11)14)8-16-5-3-10(15)4-6-16/h1-2,7,10H,3-6,8,15H2. The van der Waals surface area contributed by atoms with Crippen molar-refractivity contribution < 1.29 is 4.39 Å². The van der Waals surface area contributed by atoms with Crippen LogP contribution in [0.3, 0.4) is 0 Å². The second kappa shape index (κ2) is 5.13. The molecule has 1 saturated heterocycles. The molecule has 2 rings (SSSR count). The van der Waals surface area contributed by atoms with Gasteiger partial charge in [-0.3, -0.25) is 4.90 Å². The Hall–Kier alpha value is -0.640. The van der Waals surface area contributed by atoms with Crippen LogP contribution in [-0.4, -0.2) is 24.0 Å². The summed E-state index contributed by atoms with van der Waals surface area (Å²) in [5.74, 6) is -0.340. The normalized spacial score (nSPS) is 18.9. The maximum absolute atomic E-state index is 13.2. The van der Waals surface area contributed by atoms with Crippen molar-refractivity contribution in [3.8, 4) is 0 Å². The monoisotopic (exact) mass is 242 g/mol. The topological polar surface area (TPSA) is 29.3 Å². The molecule has 0 amide bonds. The second-order valence-corrected chi connectivity index (χ2v) is 4.77. The summed E-state index contributed by atoms with van der Waals surface area (Å²) in [5.41, 5.74) is 6.80. The molecule has 1 fully saturated rings. The molecule has 0 spiro atoms. The molecule has 2 N–H and O–H groups in total. The molecule has 88 valence electrons. The van der Waals surface area contributed by atoms with E-state index in [9.17, 15) is 4.39 Å². The average Bonchev–Trinajstić information content (AvgIpc) is 2.27. The Balaban J connectivity index is 1.96. The Kier molecular flexibility index (Phi) is 3.79. The van der Waals surface area contributed by atoms with Gasteiger partial charge in [-0.1, -0.05) is 17.7 Å². The lowest BCUT2D eigenvalue weighted by molar-refractivity contribution is 0.205. The summed E-state index contributed by atoms with van der Waals surface area (Å²) in [4.78, 5) is 2.30. The van der Waals surface area contributed by atoms with Crippen molar-refractivity contribution in [2.24, 2.45) is 5.73 Å². The predicted octanol–water partition coefficient (Wildman–Crippen LogP) is 2.40. The first kappa shape index (κ1) is 11.8. The van der Waals surface area contributed by atoms with E-state index in [-0.39, 0.29) is 10.8 Å². The average molecular weight is 243 g/mol. The highest BCUT2D eigenvalue weighted by molar-refractivity contribution is 6.30. The predicted molar refractivity (Wildman–Crippen MR) is 63.9 cm³/mol. The van der Waals surface area contributed by atoms with E-state index in [1.807, 2.05) is 6.07 Å². The molecule has 16 heavy (non-hydrogen) atoms. The molecule has 1 aliphatic rings. The lowest BCUT2D eigenvalue weighted by atomic mass is 10.1. The minimum atomic E-state index is -0.340. The van der Waals surface area contributed by atoms with Gasteiger partial charge in [0.25, 0.3) is 0 Å². The van der Waals surface area contributed by atoms with Crippen molar-refractivity contribution >= 4 is 11.6 Å². The van der Waals surface area contributed by atoms with Crippen LogP contribution in [0.5, 0.6) is 0 Å². The molecule has 0 atom stereocenters. The van der Waals surface area contributed by atoms with Crippen LogP contribution in [-0.2, 0) is 6.54 Å². The maximum Gasteiger partial charge on any atom is 0.142 e. The third-order valence-electron chi connectivity index (χ3n) is 3.02. The van der Waals surface area contributed by atoms with Gasteiger partial charge in [-0.2, -0.15) is 0 Å². The van der Waals surface area contributed by atoms with Gasteiger partial charge in [-0.15, -0.1) is 0 Å². The second-order valence-electron chi connectivity index (χ2n) is 4.36. The van der Waals surface area contributed by atoms with Crippen LogP contribution < -0.4 is 5.73 Å². The Labute approximate surface area is 100 Å². The highest BCUT2D eigenvalue weighted by atomic mass is 35.5. The molecule has 1 aliphatic heterocycles. The van der Waals surface area contributed by atoms with E-state index < -0.39 is 0 Å². The highest BCUT2D eigenvalue weighted by Crippen LogP contribution is 2.18. The molecule has 0 aliphatic carbocycles. The van der Waals surface area contributed by atoms with Crippen LogP contribution in [0.25, 0.3) is 0 Å². The zero-order valence-corrected chi connectivity index (χ0v) is 9.88. The van der Waals surface area contributed by atoms with E-state index in [0.29, 0.717) is 6.04 Å². The summed E-state index contributed by atoms with van der Waals surface area (Å²) < 4.78 is 13.2. The number of piperidine rings is 1. The number of hydrogen-bond acceptors (Lipinski definition) is 2. The van der Waals surface area contributed by atoms with E-state index >= 15 is 0 Å². The molecule has 0 saturated carbocycles. The number of nitrogens with zero attached hydrogens (tertiary/aromatic N) is 1. The van der Waals surface area contributed by atoms with Gasteiger partial charge >= 0.3 is 0 Å². The van der Waals surface area contributed by atoms with Crippen LogP contribution >= 0.6 is 11.6 Å². The number of nitrogens with two attached hydrogens (primary N) is 1. The van der Waals surface area contributed by atoms with Crippen molar-refractivity contribution in [1.29, 1.82) is 0 Å². The van der Waals surface area contributed by atoms with Crippen LogP contribution in [0, 0.1) is 5.82 Å². The summed E-state index contributed by atoms with van der Waals surface area (Å²) in [7, 11) is 0. The van der Waals surface area contributed by atoms with Gasteiger partial charge in [0.05, 0.1) is 5.02 Å². The van der Waals surface area contributed by atoms with Gasteiger partial charge in [0.1, 0.15) is 5.82 Å². The summed E-state index contributed by atoms with van der Waals surface area (Å²) in [6.07, 6.45) is 2.05. The molecule has 0 bridgehead atoms. The molecule has 0 unspecified atom stereocenters. The molecule has 1 heterocycles. The third-order valence-corrected chi connectivity index (χ3v) is 3.33. The highest BCUT2D eigenvalue weighted by Gasteiger charge is 2.16. The SMILES string of the molecule is NC1CCN(Cc2ccc(Cl)c(F)c2)CC1.